The zero-order chi connectivity index (χ0) is 8.55. The third-order valence-corrected chi connectivity index (χ3v) is 3.62. The summed E-state index contributed by atoms with van der Waals surface area (Å²) < 4.78 is 5.32. The summed E-state index contributed by atoms with van der Waals surface area (Å²) in [5.74, 6) is 4.04. The Morgan fingerprint density at radius 3 is 3.00 bits per heavy atom. The van der Waals surface area contributed by atoms with E-state index in [9.17, 15) is 0 Å². The van der Waals surface area contributed by atoms with Crippen molar-refractivity contribution in [3.05, 3.63) is 16.3 Å². The monoisotopic (exact) mass is 247 g/mol. The first-order chi connectivity index (χ1) is 5.77. The molecular weight excluding hydrogens is 238 g/mol. The summed E-state index contributed by atoms with van der Waals surface area (Å²) in [4.78, 5) is 4.95. The van der Waals surface area contributed by atoms with Crippen LogP contribution >= 0.6 is 27.7 Å². The average molecular weight is 248 g/mol. The molecule has 0 N–H and O–H groups in total. The Bertz CT molecular complexity index is 281. The van der Waals surface area contributed by atoms with Gasteiger partial charge in [-0.05, 0) is 19.1 Å². The highest BCUT2D eigenvalue weighted by Gasteiger charge is 2.23. The highest BCUT2D eigenvalue weighted by Crippen LogP contribution is 2.34. The van der Waals surface area contributed by atoms with Gasteiger partial charge in [0.25, 0.3) is 4.80 Å². The number of thioether (sulfide) groups is 1. The number of oxazole rings is 1. The second-order valence-electron chi connectivity index (χ2n) is 2.97. The lowest BCUT2D eigenvalue weighted by Crippen LogP contribution is -1.98. The fourth-order valence-corrected chi connectivity index (χ4v) is 3.16. The molecule has 0 aliphatic carbocycles. The number of nitrogens with zero attached hydrogens (tertiary/aromatic N) is 1. The lowest BCUT2D eigenvalue weighted by Gasteiger charge is -2.02. The molecule has 1 aliphatic heterocycles. The van der Waals surface area contributed by atoms with E-state index in [4.69, 9.17) is 4.42 Å². The van der Waals surface area contributed by atoms with Gasteiger partial charge in [-0.15, -0.1) is 0 Å². The molecular formula is C8H10BrNOS. The van der Waals surface area contributed by atoms with Gasteiger partial charge in [0.05, 0.1) is 5.69 Å². The van der Waals surface area contributed by atoms with Gasteiger partial charge in [0.15, 0.2) is 0 Å². The molecule has 1 unspecified atom stereocenters. The summed E-state index contributed by atoms with van der Waals surface area (Å²) >= 11 is 5.24. The van der Waals surface area contributed by atoms with Crippen LogP contribution in [0, 0.1) is 6.92 Å². The van der Waals surface area contributed by atoms with Gasteiger partial charge in [0.2, 0.25) is 0 Å². The number of halogens is 1. The summed E-state index contributed by atoms with van der Waals surface area (Å²) in [5.41, 5.74) is 1.15. The molecule has 1 saturated heterocycles. The molecule has 0 saturated carbocycles. The topological polar surface area (TPSA) is 26.0 Å². The van der Waals surface area contributed by atoms with Crippen molar-refractivity contribution in [3.8, 4) is 0 Å². The zero-order valence-electron chi connectivity index (χ0n) is 6.84. The van der Waals surface area contributed by atoms with Crippen molar-refractivity contribution in [2.75, 3.05) is 11.5 Å². The van der Waals surface area contributed by atoms with Crippen molar-refractivity contribution in [1.29, 1.82) is 0 Å². The average Bonchev–Trinajstić information content (AvgIpc) is 2.58. The maximum Gasteiger partial charge on any atom is 0.264 e. The molecule has 66 valence electrons. The van der Waals surface area contributed by atoms with Crippen molar-refractivity contribution in [2.24, 2.45) is 0 Å². The van der Waals surface area contributed by atoms with Crippen molar-refractivity contribution in [3.63, 3.8) is 0 Å². The minimum Gasteiger partial charge on any atom is -0.436 e. The van der Waals surface area contributed by atoms with Gasteiger partial charge in [-0.2, -0.15) is 11.8 Å². The van der Waals surface area contributed by atoms with Crippen LogP contribution < -0.4 is 0 Å². The van der Waals surface area contributed by atoms with Crippen molar-refractivity contribution >= 4 is 27.7 Å². The van der Waals surface area contributed by atoms with E-state index in [2.05, 4.69) is 20.9 Å². The maximum absolute atomic E-state index is 5.32. The molecule has 0 amide bonds. The predicted octanol–water partition coefficient (Wildman–Crippen LogP) is 2.97. The van der Waals surface area contributed by atoms with Crippen LogP contribution in [-0.4, -0.2) is 16.5 Å². The van der Waals surface area contributed by atoms with Crippen LogP contribution in [0.15, 0.2) is 9.22 Å². The molecule has 1 atom stereocenters. The first kappa shape index (κ1) is 8.63. The summed E-state index contributed by atoms with van der Waals surface area (Å²) in [6.07, 6.45) is 1.24. The zero-order valence-corrected chi connectivity index (χ0v) is 9.24. The minimum atomic E-state index is 0.616. The Labute approximate surface area is 84.3 Å². The van der Waals surface area contributed by atoms with E-state index < -0.39 is 0 Å². The van der Waals surface area contributed by atoms with Gasteiger partial charge in [0, 0.05) is 27.6 Å². The van der Waals surface area contributed by atoms with Crippen LogP contribution in [0.25, 0.3) is 0 Å². The van der Waals surface area contributed by atoms with Gasteiger partial charge in [-0.25, -0.2) is 4.98 Å². The normalized spacial score (nSPS) is 23.3. The second-order valence-corrected chi connectivity index (χ2v) is 4.80. The highest BCUT2D eigenvalue weighted by atomic mass is 79.9. The van der Waals surface area contributed by atoms with Gasteiger partial charge >= 0.3 is 0 Å². The number of rotatable bonds is 1. The van der Waals surface area contributed by atoms with Gasteiger partial charge in [-0.1, -0.05) is 0 Å². The summed E-state index contributed by atoms with van der Waals surface area (Å²) in [6, 6.07) is 0. The van der Waals surface area contributed by atoms with Crippen LogP contribution in [0.3, 0.4) is 0 Å². The lowest BCUT2D eigenvalue weighted by atomic mass is 10.0. The number of aromatic nitrogens is 1. The molecule has 12 heavy (non-hydrogen) atoms. The Morgan fingerprint density at radius 1 is 1.67 bits per heavy atom. The summed E-state index contributed by atoms with van der Waals surface area (Å²) in [6.45, 7) is 1.98. The van der Waals surface area contributed by atoms with E-state index in [0.29, 0.717) is 10.7 Å². The Balaban J connectivity index is 2.25. The van der Waals surface area contributed by atoms with E-state index >= 15 is 0 Å². The third kappa shape index (κ3) is 1.55. The van der Waals surface area contributed by atoms with E-state index in [-0.39, 0.29) is 0 Å². The molecule has 0 spiro atoms. The van der Waals surface area contributed by atoms with E-state index in [1.165, 1.54) is 17.9 Å². The van der Waals surface area contributed by atoms with Crippen LogP contribution in [0.5, 0.6) is 0 Å². The third-order valence-electron chi connectivity index (χ3n) is 2.12. The molecule has 2 rings (SSSR count). The van der Waals surface area contributed by atoms with E-state index in [1.54, 1.807) is 0 Å². The van der Waals surface area contributed by atoms with Gasteiger partial charge < -0.3 is 4.42 Å². The molecule has 0 aromatic carbocycles. The smallest absolute Gasteiger partial charge is 0.264 e. The number of aryl methyl sites for hydroxylation is 1. The fourth-order valence-electron chi connectivity index (χ4n) is 1.50. The Hall–Kier alpha value is 0.0400. The first-order valence-corrected chi connectivity index (χ1v) is 5.92. The van der Waals surface area contributed by atoms with Gasteiger partial charge in [-0.3, -0.25) is 0 Å². The Morgan fingerprint density at radius 2 is 2.50 bits per heavy atom. The van der Waals surface area contributed by atoms with Crippen molar-refractivity contribution < 1.29 is 4.42 Å². The fraction of sp³-hybridized carbons (Fsp3) is 0.625. The summed E-state index contributed by atoms with van der Waals surface area (Å²) in [7, 11) is 0. The standard InChI is InChI=1S/C8H10BrNOS/c1-5-7(10-8(9)11-5)6-2-3-12-4-6/h6H,2-4H2,1H3. The maximum atomic E-state index is 5.32. The predicted molar refractivity (Wildman–Crippen MR) is 53.6 cm³/mol. The molecule has 1 aromatic rings. The van der Waals surface area contributed by atoms with Crippen LogP contribution in [-0.2, 0) is 0 Å². The van der Waals surface area contributed by atoms with Crippen LogP contribution in [0.2, 0.25) is 0 Å². The van der Waals surface area contributed by atoms with Crippen LogP contribution in [0.1, 0.15) is 23.8 Å². The number of hydrogen-bond donors (Lipinski definition) is 0. The molecule has 1 aromatic heterocycles. The van der Waals surface area contributed by atoms with Gasteiger partial charge in [0.1, 0.15) is 5.76 Å². The number of hydrogen-bond acceptors (Lipinski definition) is 3. The lowest BCUT2D eigenvalue weighted by molar-refractivity contribution is 0.497. The first-order valence-electron chi connectivity index (χ1n) is 3.98. The molecule has 0 bridgehead atoms. The molecule has 2 nitrogen and oxygen atoms in total. The Kier molecular flexibility index (Phi) is 2.46. The van der Waals surface area contributed by atoms with Crippen molar-refractivity contribution in [1.82, 2.24) is 4.98 Å². The highest BCUT2D eigenvalue weighted by molar-refractivity contribution is 9.10. The molecule has 4 heteroatoms. The summed E-state index contributed by atoms with van der Waals surface area (Å²) in [5, 5.41) is 0. The molecule has 1 fully saturated rings. The quantitative estimate of drug-likeness (QED) is 0.764. The van der Waals surface area contributed by atoms with E-state index in [0.717, 1.165) is 11.5 Å². The largest absolute Gasteiger partial charge is 0.436 e. The SMILES string of the molecule is Cc1oc(Br)nc1C1CCSC1. The minimum absolute atomic E-state index is 0.616. The molecule has 0 radical (unpaired) electrons. The second kappa shape index (κ2) is 3.42. The molecule has 1 aliphatic rings. The van der Waals surface area contributed by atoms with Crippen LogP contribution in [0.4, 0.5) is 0 Å². The van der Waals surface area contributed by atoms with Crippen molar-refractivity contribution in [2.45, 2.75) is 19.3 Å². The molecule has 2 heterocycles. The van der Waals surface area contributed by atoms with E-state index in [1.807, 2.05) is 18.7 Å².